The van der Waals surface area contributed by atoms with Crippen LogP contribution in [-0.2, 0) is 0 Å². The second-order valence-electron chi connectivity index (χ2n) is 8.50. The molecule has 27 heavy (non-hydrogen) atoms. The normalized spacial score (nSPS) is 18.1. The van der Waals surface area contributed by atoms with Gasteiger partial charge >= 0.3 is 0 Å². The maximum Gasteiger partial charge on any atom is 0.194 e. The number of hydrogen-bond acceptors (Lipinski definition) is 3. The minimum absolute atomic E-state index is 0.145. The highest BCUT2D eigenvalue weighted by Crippen LogP contribution is 2.23. The topological polar surface area (TPSA) is 35.8 Å². The van der Waals surface area contributed by atoms with E-state index in [1.807, 2.05) is 4.90 Å². The molecule has 0 fully saturated rings. The van der Waals surface area contributed by atoms with E-state index in [1.165, 1.54) is 96.3 Å². The van der Waals surface area contributed by atoms with E-state index in [2.05, 4.69) is 18.8 Å². The zero-order valence-electron chi connectivity index (χ0n) is 18.1. The van der Waals surface area contributed by atoms with E-state index in [9.17, 15) is 0 Å². The van der Waals surface area contributed by atoms with Crippen LogP contribution in [0.3, 0.4) is 0 Å². The largest absolute Gasteiger partial charge is 0.395 e. The van der Waals surface area contributed by atoms with Gasteiger partial charge < -0.3 is 10.0 Å². The molecular formula is C23H45ClN2O. The minimum Gasteiger partial charge on any atom is -0.395 e. The average molecular weight is 401 g/mol. The second-order valence-corrected chi connectivity index (χ2v) is 8.84. The number of amidine groups is 1. The predicted octanol–water partition coefficient (Wildman–Crippen LogP) is 6.77. The maximum absolute atomic E-state index is 9.06. The Labute approximate surface area is 174 Å². The van der Waals surface area contributed by atoms with Crippen LogP contribution in [0.15, 0.2) is 4.99 Å². The molecule has 0 aromatic rings. The summed E-state index contributed by atoms with van der Waals surface area (Å²) in [6, 6.07) is 0.311. The fourth-order valence-electron chi connectivity index (χ4n) is 4.03. The number of aliphatic hydroxyl groups excluding tert-OH is 1. The lowest BCUT2D eigenvalue weighted by Gasteiger charge is -2.20. The van der Waals surface area contributed by atoms with Gasteiger partial charge in [-0.2, -0.15) is 0 Å². The van der Waals surface area contributed by atoms with Crippen molar-refractivity contribution in [3.63, 3.8) is 0 Å². The van der Waals surface area contributed by atoms with Crippen molar-refractivity contribution in [2.75, 3.05) is 19.7 Å². The molecule has 2 atom stereocenters. The summed E-state index contributed by atoms with van der Waals surface area (Å²) < 4.78 is 0. The number of nitrogens with zero attached hydrogens (tertiary/aromatic N) is 2. The van der Waals surface area contributed by atoms with Crippen molar-refractivity contribution in [2.24, 2.45) is 10.9 Å². The van der Waals surface area contributed by atoms with Gasteiger partial charge in [0.15, 0.2) is 5.29 Å². The van der Waals surface area contributed by atoms with Gasteiger partial charge in [-0.1, -0.05) is 104 Å². The molecule has 0 amide bonds. The summed E-state index contributed by atoms with van der Waals surface area (Å²) in [5, 5.41) is 9.64. The molecular weight excluding hydrogens is 356 g/mol. The molecule has 0 spiro atoms. The molecule has 0 aliphatic carbocycles. The van der Waals surface area contributed by atoms with Gasteiger partial charge in [-0.3, -0.25) is 4.99 Å². The van der Waals surface area contributed by atoms with Crippen LogP contribution in [-0.4, -0.2) is 41.0 Å². The highest BCUT2D eigenvalue weighted by atomic mass is 35.5. The highest BCUT2D eigenvalue weighted by Gasteiger charge is 2.27. The number of unbranched alkanes of at least 4 members (excludes halogenated alkanes) is 13. The second kappa shape index (κ2) is 16.7. The van der Waals surface area contributed by atoms with Gasteiger partial charge in [0.05, 0.1) is 12.6 Å². The van der Waals surface area contributed by atoms with E-state index >= 15 is 0 Å². The Kier molecular flexibility index (Phi) is 15.3. The Hall–Kier alpha value is -0.280. The Morgan fingerprint density at radius 1 is 0.926 bits per heavy atom. The fraction of sp³-hybridized carbons (Fsp3) is 0.957. The van der Waals surface area contributed by atoms with Crippen molar-refractivity contribution in [1.82, 2.24) is 4.90 Å². The third-order valence-corrected chi connectivity index (χ3v) is 6.32. The van der Waals surface area contributed by atoms with E-state index < -0.39 is 0 Å². The number of hydrogen-bond donors (Lipinski definition) is 1. The number of rotatable bonds is 18. The molecule has 0 aromatic heterocycles. The molecule has 0 radical (unpaired) electrons. The van der Waals surface area contributed by atoms with Crippen LogP contribution in [0.2, 0.25) is 0 Å². The first-order valence-corrected chi connectivity index (χ1v) is 12.2. The summed E-state index contributed by atoms with van der Waals surface area (Å²) in [5.74, 6) is 0.583. The lowest BCUT2D eigenvalue weighted by atomic mass is 9.95. The summed E-state index contributed by atoms with van der Waals surface area (Å²) in [7, 11) is 0. The van der Waals surface area contributed by atoms with Crippen molar-refractivity contribution in [1.29, 1.82) is 0 Å². The lowest BCUT2D eigenvalue weighted by Crippen LogP contribution is -2.31. The molecule has 0 saturated carbocycles. The Morgan fingerprint density at radius 2 is 1.41 bits per heavy atom. The van der Waals surface area contributed by atoms with E-state index in [0.29, 0.717) is 23.8 Å². The molecule has 1 rings (SSSR count). The molecule has 0 bridgehead atoms. The molecule has 0 saturated heterocycles. The van der Waals surface area contributed by atoms with Gasteiger partial charge in [0.2, 0.25) is 0 Å². The first-order chi connectivity index (χ1) is 13.2. The van der Waals surface area contributed by atoms with Crippen LogP contribution in [0, 0.1) is 5.92 Å². The summed E-state index contributed by atoms with van der Waals surface area (Å²) in [4.78, 5) is 6.56. The highest BCUT2D eigenvalue weighted by molar-refractivity contribution is 6.64. The van der Waals surface area contributed by atoms with Crippen molar-refractivity contribution < 1.29 is 5.11 Å². The SMILES string of the molecule is CCCCCCCCCCCCCCCCC(C)C1CN(CCO)C(Cl)=N1. The monoisotopic (exact) mass is 400 g/mol. The fourth-order valence-corrected chi connectivity index (χ4v) is 4.30. The van der Waals surface area contributed by atoms with Crippen molar-refractivity contribution in [2.45, 2.75) is 116 Å². The van der Waals surface area contributed by atoms with Gasteiger partial charge in [-0.15, -0.1) is 0 Å². The van der Waals surface area contributed by atoms with Crippen molar-refractivity contribution in [3.05, 3.63) is 0 Å². The quantitative estimate of drug-likeness (QED) is 0.203. The molecule has 1 aliphatic heterocycles. The van der Waals surface area contributed by atoms with E-state index in [4.69, 9.17) is 16.7 Å². The minimum atomic E-state index is 0.145. The molecule has 0 aromatic carbocycles. The molecule has 4 heteroatoms. The first kappa shape index (κ1) is 24.8. The Morgan fingerprint density at radius 3 is 1.89 bits per heavy atom. The molecule has 2 unspecified atom stereocenters. The Balaban J connectivity index is 1.86. The van der Waals surface area contributed by atoms with Crippen LogP contribution < -0.4 is 0 Å². The number of aliphatic hydroxyl groups is 1. The standard InChI is InChI=1S/C23H45ClN2O/c1-3-4-5-6-7-8-9-10-11-12-13-14-15-16-17-21(2)22-20-26(18-19-27)23(24)25-22/h21-22,27H,3-20H2,1-2H3. The van der Waals surface area contributed by atoms with Gasteiger partial charge in [0.25, 0.3) is 0 Å². The van der Waals surface area contributed by atoms with E-state index in [-0.39, 0.29) is 6.61 Å². The molecule has 160 valence electrons. The molecule has 1 heterocycles. The summed E-state index contributed by atoms with van der Waals surface area (Å²) >= 11 is 6.15. The predicted molar refractivity (Wildman–Crippen MR) is 120 cm³/mol. The van der Waals surface area contributed by atoms with E-state index in [1.54, 1.807) is 0 Å². The maximum atomic E-state index is 9.06. The molecule has 3 nitrogen and oxygen atoms in total. The van der Waals surface area contributed by atoms with Gasteiger partial charge in [0, 0.05) is 13.1 Å². The van der Waals surface area contributed by atoms with Gasteiger partial charge in [-0.05, 0) is 23.9 Å². The lowest BCUT2D eigenvalue weighted by molar-refractivity contribution is 0.246. The van der Waals surface area contributed by atoms with Crippen LogP contribution >= 0.6 is 11.6 Å². The first-order valence-electron chi connectivity index (χ1n) is 11.8. The third-order valence-electron chi connectivity index (χ3n) is 5.98. The summed E-state index contributed by atoms with van der Waals surface area (Å²) in [6.07, 6.45) is 21.0. The zero-order valence-corrected chi connectivity index (χ0v) is 18.9. The number of halogens is 1. The van der Waals surface area contributed by atoms with Gasteiger partial charge in [-0.25, -0.2) is 0 Å². The summed E-state index contributed by atoms with van der Waals surface area (Å²) in [5.41, 5.74) is 0. The Bertz CT molecular complexity index is 375. The summed E-state index contributed by atoms with van der Waals surface area (Å²) in [6.45, 7) is 6.20. The van der Waals surface area contributed by atoms with Crippen molar-refractivity contribution >= 4 is 16.9 Å². The number of aliphatic imine (C=N–C) groups is 1. The molecule has 1 aliphatic rings. The number of β-amino-alcohol motifs (C(OH)–C–C–N with tert-alkyl or cyclic N) is 1. The van der Waals surface area contributed by atoms with Crippen LogP contribution in [0.1, 0.15) is 110 Å². The van der Waals surface area contributed by atoms with Crippen molar-refractivity contribution in [3.8, 4) is 0 Å². The van der Waals surface area contributed by atoms with Gasteiger partial charge in [0.1, 0.15) is 0 Å². The van der Waals surface area contributed by atoms with Crippen LogP contribution in [0.4, 0.5) is 0 Å². The smallest absolute Gasteiger partial charge is 0.194 e. The van der Waals surface area contributed by atoms with Crippen LogP contribution in [0.5, 0.6) is 0 Å². The average Bonchev–Trinajstić information content (AvgIpc) is 3.03. The van der Waals surface area contributed by atoms with E-state index in [0.717, 1.165) is 6.54 Å². The van der Waals surface area contributed by atoms with Crippen LogP contribution in [0.25, 0.3) is 0 Å². The third kappa shape index (κ3) is 12.0. The zero-order chi connectivity index (χ0) is 19.7. The molecule has 1 N–H and O–H groups in total.